The molecule has 2 amide bonds. The van der Waals surface area contributed by atoms with Crippen molar-refractivity contribution in [2.45, 2.75) is 75.6 Å². The lowest BCUT2D eigenvalue weighted by Gasteiger charge is -2.40. The molecule has 1 aromatic rings. The number of esters is 1. The van der Waals surface area contributed by atoms with Crippen LogP contribution in [0, 0.1) is 31.6 Å². The zero-order chi connectivity index (χ0) is 29.4. The van der Waals surface area contributed by atoms with Gasteiger partial charge in [0.05, 0.1) is 37.2 Å². The smallest absolute Gasteiger partial charge is 0.312 e. The fourth-order valence-electron chi connectivity index (χ4n) is 6.68. The molecule has 3 unspecified atom stereocenters. The normalized spacial score (nSPS) is 29.4. The van der Waals surface area contributed by atoms with Crippen LogP contribution in [0.5, 0.6) is 0 Å². The Morgan fingerprint density at radius 1 is 1.30 bits per heavy atom. The Balaban J connectivity index is 1.81. The van der Waals surface area contributed by atoms with Crippen molar-refractivity contribution in [3.63, 3.8) is 0 Å². The highest BCUT2D eigenvalue weighted by Crippen LogP contribution is 2.61. The predicted molar refractivity (Wildman–Crippen MR) is 157 cm³/mol. The number of amides is 2. The summed E-state index contributed by atoms with van der Waals surface area (Å²) in [7, 11) is 0. The Labute approximate surface area is 245 Å². The van der Waals surface area contributed by atoms with Gasteiger partial charge in [-0.1, -0.05) is 54.1 Å². The number of unbranched alkanes of at least 4 members (excludes halogenated alkanes) is 1. The van der Waals surface area contributed by atoms with Crippen LogP contribution in [-0.4, -0.2) is 76.2 Å². The van der Waals surface area contributed by atoms with Crippen LogP contribution in [0.15, 0.2) is 43.5 Å². The number of alkyl halides is 1. The summed E-state index contributed by atoms with van der Waals surface area (Å²) in [5.41, 5.74) is 1.39. The number of rotatable bonds is 12. The van der Waals surface area contributed by atoms with E-state index in [1.54, 1.807) is 17.1 Å². The molecule has 40 heavy (non-hydrogen) atoms. The maximum atomic E-state index is 14.7. The number of carbonyl (C=O) groups excluding carboxylic acids is 3. The largest absolute Gasteiger partial charge is 0.465 e. The molecule has 1 spiro atoms. The minimum Gasteiger partial charge on any atom is -0.465 e. The van der Waals surface area contributed by atoms with Crippen LogP contribution in [0.2, 0.25) is 0 Å². The molecule has 0 aromatic heterocycles. The molecular formula is C31H41BrN2O6. The van der Waals surface area contributed by atoms with Crippen LogP contribution in [-0.2, 0) is 23.9 Å². The van der Waals surface area contributed by atoms with Gasteiger partial charge in [-0.25, -0.2) is 0 Å². The quantitative estimate of drug-likeness (QED) is 0.164. The Hall–Kier alpha value is -2.49. The number of benzene rings is 1. The Morgan fingerprint density at radius 2 is 2.02 bits per heavy atom. The number of halogens is 1. The summed E-state index contributed by atoms with van der Waals surface area (Å²) in [6, 6.07) is 4.22. The third kappa shape index (κ3) is 5.05. The van der Waals surface area contributed by atoms with Gasteiger partial charge in [0.25, 0.3) is 5.91 Å². The van der Waals surface area contributed by atoms with Crippen molar-refractivity contribution in [2.24, 2.45) is 17.8 Å². The van der Waals surface area contributed by atoms with Crippen molar-refractivity contribution in [2.75, 3.05) is 24.7 Å². The topological polar surface area (TPSA) is 96.4 Å². The molecule has 2 bridgehead atoms. The molecule has 3 heterocycles. The highest BCUT2D eigenvalue weighted by atomic mass is 79.9. The van der Waals surface area contributed by atoms with Gasteiger partial charge in [-0.3, -0.25) is 14.4 Å². The van der Waals surface area contributed by atoms with Crippen LogP contribution >= 0.6 is 15.9 Å². The lowest BCUT2D eigenvalue weighted by atomic mass is 9.70. The maximum Gasteiger partial charge on any atom is 0.312 e. The number of allylic oxidation sites excluding steroid dienone is 1. The second-order valence-electron chi connectivity index (χ2n) is 11.5. The van der Waals surface area contributed by atoms with E-state index in [1.165, 1.54) is 4.90 Å². The summed E-state index contributed by atoms with van der Waals surface area (Å²) in [6.45, 7) is 15.4. The molecular weight excluding hydrogens is 576 g/mol. The van der Waals surface area contributed by atoms with Gasteiger partial charge in [0.2, 0.25) is 5.91 Å². The number of fused-ring (bicyclic) bond motifs is 1. The average molecular weight is 618 g/mol. The third-order valence-corrected chi connectivity index (χ3v) is 9.42. The first-order valence-corrected chi connectivity index (χ1v) is 15.0. The van der Waals surface area contributed by atoms with E-state index in [0.717, 1.165) is 16.8 Å². The summed E-state index contributed by atoms with van der Waals surface area (Å²) >= 11 is 3.70. The molecule has 8 nitrogen and oxygen atoms in total. The fourth-order valence-corrected chi connectivity index (χ4v) is 7.63. The second kappa shape index (κ2) is 12.2. The number of ether oxygens (including phenoxy) is 2. The van der Waals surface area contributed by atoms with Crippen LogP contribution in [0.3, 0.4) is 0 Å². The van der Waals surface area contributed by atoms with Gasteiger partial charge in [0, 0.05) is 17.1 Å². The number of hydrogen-bond acceptors (Lipinski definition) is 6. The van der Waals surface area contributed by atoms with Gasteiger partial charge >= 0.3 is 5.97 Å². The fraction of sp³-hybridized carbons (Fsp3) is 0.581. The summed E-state index contributed by atoms with van der Waals surface area (Å²) in [5.74, 6) is -3.04. The molecule has 3 aliphatic rings. The van der Waals surface area contributed by atoms with Crippen LogP contribution in [0.1, 0.15) is 44.2 Å². The third-order valence-electron chi connectivity index (χ3n) is 8.58. The van der Waals surface area contributed by atoms with Crippen molar-refractivity contribution < 1.29 is 29.0 Å². The molecule has 3 fully saturated rings. The molecule has 0 aliphatic carbocycles. The van der Waals surface area contributed by atoms with Gasteiger partial charge in [-0.2, -0.15) is 0 Å². The molecule has 3 saturated heterocycles. The highest BCUT2D eigenvalue weighted by molar-refractivity contribution is 9.09. The second-order valence-corrected chi connectivity index (χ2v) is 12.7. The molecule has 4 rings (SSSR count). The molecule has 9 heteroatoms. The number of carbonyl (C=O) groups is 3. The lowest BCUT2D eigenvalue weighted by molar-refractivity contribution is -0.156. The van der Waals surface area contributed by atoms with Crippen LogP contribution in [0.4, 0.5) is 5.69 Å². The monoisotopic (exact) mass is 616 g/mol. The molecule has 3 aliphatic heterocycles. The SMILES string of the molecule is C=CCCCOC(=O)[C@H]1[C@@H]2OC3(CC2Br)C(C(=O)N(CC=C)c2cc(C)ccc2C)N([C@@H](CO)C(C)C)C(=O)[C@H]13. The summed E-state index contributed by atoms with van der Waals surface area (Å²) in [4.78, 5) is 45.4. The Bertz CT molecular complexity index is 1170. The van der Waals surface area contributed by atoms with E-state index < -0.39 is 41.6 Å². The zero-order valence-corrected chi connectivity index (χ0v) is 25.4. The van der Waals surface area contributed by atoms with Gasteiger partial charge in [-0.15, -0.1) is 13.2 Å². The van der Waals surface area contributed by atoms with E-state index in [9.17, 15) is 19.5 Å². The van der Waals surface area contributed by atoms with E-state index in [0.29, 0.717) is 19.3 Å². The van der Waals surface area contributed by atoms with E-state index in [-0.39, 0.29) is 42.3 Å². The molecule has 0 saturated carbocycles. The van der Waals surface area contributed by atoms with Crippen molar-refractivity contribution in [1.29, 1.82) is 0 Å². The first kappa shape index (κ1) is 30.5. The first-order chi connectivity index (χ1) is 19.0. The molecule has 218 valence electrons. The standard InChI is InChI=1S/C31H41BrN2O6/c1-7-9-10-14-39-30(38)24-25-28(36)34(23(17-35)18(3)4)27(31(25)16-21(32)26(24)40-31)29(37)33(13-8-2)22-15-19(5)11-12-20(22)6/h7-8,11-12,15,18,21,23-27,35H,1-2,9-10,13-14,16-17H2,3-6H3/t21?,23-,24+,25-,26+,27?,31?/m0/s1. The number of aryl methyl sites for hydroxylation is 2. The molecule has 1 N–H and O–H groups in total. The van der Waals surface area contributed by atoms with Gasteiger partial charge < -0.3 is 24.4 Å². The maximum absolute atomic E-state index is 14.7. The Morgan fingerprint density at radius 3 is 2.65 bits per heavy atom. The van der Waals surface area contributed by atoms with E-state index in [1.807, 2.05) is 45.9 Å². The zero-order valence-electron chi connectivity index (χ0n) is 23.8. The number of aliphatic hydroxyl groups is 1. The molecule has 1 aromatic carbocycles. The minimum absolute atomic E-state index is 0.144. The summed E-state index contributed by atoms with van der Waals surface area (Å²) in [5, 5.41) is 10.5. The number of likely N-dealkylation sites (tertiary alicyclic amines) is 1. The minimum atomic E-state index is -1.24. The van der Waals surface area contributed by atoms with Crippen molar-refractivity contribution in [3.8, 4) is 0 Å². The van der Waals surface area contributed by atoms with Crippen molar-refractivity contribution in [1.82, 2.24) is 4.90 Å². The van der Waals surface area contributed by atoms with Crippen LogP contribution < -0.4 is 4.90 Å². The average Bonchev–Trinajstić information content (AvgIpc) is 3.50. The molecule has 7 atom stereocenters. The van der Waals surface area contributed by atoms with Gasteiger partial charge in [0.15, 0.2) is 0 Å². The van der Waals surface area contributed by atoms with Crippen molar-refractivity contribution in [3.05, 3.63) is 54.6 Å². The number of nitrogens with zero attached hydrogens (tertiary/aromatic N) is 2. The Kier molecular flexibility index (Phi) is 9.27. The highest BCUT2D eigenvalue weighted by Gasteiger charge is 2.77. The van der Waals surface area contributed by atoms with Crippen molar-refractivity contribution >= 4 is 39.4 Å². The van der Waals surface area contributed by atoms with Gasteiger partial charge in [0.1, 0.15) is 11.6 Å². The lowest BCUT2D eigenvalue weighted by Crippen LogP contribution is -2.60. The first-order valence-electron chi connectivity index (χ1n) is 14.1. The summed E-state index contributed by atoms with van der Waals surface area (Å²) in [6.07, 6.45) is 4.54. The van der Waals surface area contributed by atoms with E-state index >= 15 is 0 Å². The molecule has 0 radical (unpaired) electrons. The van der Waals surface area contributed by atoms with Gasteiger partial charge in [-0.05, 0) is 56.2 Å². The van der Waals surface area contributed by atoms with Crippen LogP contribution in [0.25, 0.3) is 0 Å². The number of aliphatic hydroxyl groups excluding tert-OH is 1. The number of anilines is 1. The van der Waals surface area contributed by atoms with E-state index in [4.69, 9.17) is 9.47 Å². The predicted octanol–water partition coefficient (Wildman–Crippen LogP) is 4.10. The van der Waals surface area contributed by atoms with E-state index in [2.05, 4.69) is 29.1 Å². The summed E-state index contributed by atoms with van der Waals surface area (Å²) < 4.78 is 12.2. The number of hydrogen-bond donors (Lipinski definition) is 1.